The minimum atomic E-state index is -2.77. The summed E-state index contributed by atoms with van der Waals surface area (Å²) in [7, 11) is 0. The number of nitrogens with one attached hydrogen (secondary N) is 1. The molecule has 128 valence electrons. The van der Waals surface area contributed by atoms with Gasteiger partial charge < -0.3 is 10.2 Å². The summed E-state index contributed by atoms with van der Waals surface area (Å²) < 4.78 is 39.1. The van der Waals surface area contributed by atoms with Crippen molar-refractivity contribution < 1.29 is 18.0 Å². The molecule has 0 saturated carbocycles. The third kappa shape index (κ3) is 3.52. The van der Waals surface area contributed by atoms with Crippen molar-refractivity contribution in [3.63, 3.8) is 0 Å². The van der Waals surface area contributed by atoms with Crippen molar-refractivity contribution in [3.8, 4) is 0 Å². The Morgan fingerprint density at radius 2 is 2.12 bits per heavy atom. The first-order chi connectivity index (χ1) is 11.5. The van der Waals surface area contributed by atoms with Crippen molar-refractivity contribution in [1.82, 2.24) is 15.1 Å². The molecular formula is C16H17F3N4O. The lowest BCUT2D eigenvalue weighted by atomic mass is 10.1. The van der Waals surface area contributed by atoms with Crippen LogP contribution in [0.2, 0.25) is 0 Å². The third-order valence-corrected chi connectivity index (χ3v) is 4.07. The van der Waals surface area contributed by atoms with E-state index >= 15 is 0 Å². The van der Waals surface area contributed by atoms with Crippen LogP contribution in [0, 0.1) is 11.7 Å². The second-order valence-electron chi connectivity index (χ2n) is 5.72. The molecule has 0 bridgehead atoms. The van der Waals surface area contributed by atoms with Crippen LogP contribution in [-0.4, -0.2) is 35.3 Å². The zero-order valence-electron chi connectivity index (χ0n) is 12.8. The average molecular weight is 338 g/mol. The molecular weight excluding hydrogens is 321 g/mol. The first-order valence-corrected chi connectivity index (χ1v) is 7.65. The second-order valence-corrected chi connectivity index (χ2v) is 5.72. The summed E-state index contributed by atoms with van der Waals surface area (Å²) in [6, 6.07) is 7.83. The van der Waals surface area contributed by atoms with E-state index in [1.165, 1.54) is 12.1 Å². The molecule has 1 aromatic heterocycles. The molecule has 24 heavy (non-hydrogen) atoms. The number of aromatic nitrogens is 2. The van der Waals surface area contributed by atoms with Crippen molar-refractivity contribution in [2.75, 3.05) is 24.5 Å². The number of carbonyl (C=O) groups excluding carboxylic acids is 1. The molecule has 1 saturated heterocycles. The van der Waals surface area contributed by atoms with Gasteiger partial charge in [-0.15, -0.1) is 0 Å². The van der Waals surface area contributed by atoms with Crippen molar-refractivity contribution in [2.24, 2.45) is 5.92 Å². The molecule has 3 rings (SSSR count). The minimum Gasteiger partial charge on any atom is -0.369 e. The van der Waals surface area contributed by atoms with Gasteiger partial charge in [-0.05, 0) is 30.5 Å². The fourth-order valence-corrected chi connectivity index (χ4v) is 2.82. The highest BCUT2D eigenvalue weighted by Crippen LogP contribution is 2.25. The van der Waals surface area contributed by atoms with Crippen LogP contribution in [-0.2, 0) is 0 Å². The van der Waals surface area contributed by atoms with Gasteiger partial charge in [0, 0.05) is 25.8 Å². The van der Waals surface area contributed by atoms with Gasteiger partial charge in [-0.2, -0.15) is 13.9 Å². The van der Waals surface area contributed by atoms with Gasteiger partial charge in [0.25, 0.3) is 5.91 Å². The summed E-state index contributed by atoms with van der Waals surface area (Å²) in [6.07, 6.45) is 1.88. The molecule has 1 aliphatic rings. The Morgan fingerprint density at radius 3 is 2.83 bits per heavy atom. The molecule has 0 spiro atoms. The fourth-order valence-electron chi connectivity index (χ4n) is 2.82. The van der Waals surface area contributed by atoms with E-state index in [1.54, 1.807) is 18.2 Å². The number of rotatable bonds is 5. The lowest BCUT2D eigenvalue weighted by molar-refractivity contribution is 0.0560. The SMILES string of the molecule is O=C(NC[C@H]1CCN(c2ccccc2F)C1)c1ccn(C(F)F)n1. The summed E-state index contributed by atoms with van der Waals surface area (Å²) in [5, 5.41) is 6.22. The molecule has 2 aromatic rings. The normalized spacial score (nSPS) is 17.5. The van der Waals surface area contributed by atoms with Gasteiger partial charge in [0.1, 0.15) is 11.5 Å². The summed E-state index contributed by atoms with van der Waals surface area (Å²) in [6.45, 7) is -1.03. The number of carbonyl (C=O) groups is 1. The van der Waals surface area contributed by atoms with Gasteiger partial charge in [0.2, 0.25) is 0 Å². The lowest BCUT2D eigenvalue weighted by Crippen LogP contribution is -2.31. The second kappa shape index (κ2) is 6.94. The standard InChI is InChI=1S/C16H17F3N4O/c17-12-3-1-2-4-14(12)22-7-5-11(10-22)9-20-15(24)13-6-8-23(21-13)16(18)19/h1-4,6,8,11,16H,5,7,9-10H2,(H,20,24)/t11-/m1/s1. The Morgan fingerprint density at radius 1 is 1.33 bits per heavy atom. The van der Waals surface area contributed by atoms with Gasteiger partial charge in [0.15, 0.2) is 0 Å². The van der Waals surface area contributed by atoms with Crippen LogP contribution in [0.5, 0.6) is 0 Å². The van der Waals surface area contributed by atoms with E-state index in [-0.39, 0.29) is 17.4 Å². The largest absolute Gasteiger partial charge is 0.369 e. The first kappa shape index (κ1) is 16.4. The molecule has 2 heterocycles. The quantitative estimate of drug-likeness (QED) is 0.912. The zero-order chi connectivity index (χ0) is 17.1. The molecule has 1 aromatic carbocycles. The van der Waals surface area contributed by atoms with Crippen molar-refractivity contribution >= 4 is 11.6 Å². The van der Waals surface area contributed by atoms with Crippen LogP contribution in [0.25, 0.3) is 0 Å². The smallest absolute Gasteiger partial charge is 0.333 e. The predicted molar refractivity (Wildman–Crippen MR) is 82.5 cm³/mol. The minimum absolute atomic E-state index is 0.0424. The first-order valence-electron chi connectivity index (χ1n) is 7.65. The van der Waals surface area contributed by atoms with E-state index in [9.17, 15) is 18.0 Å². The predicted octanol–water partition coefficient (Wildman–Crippen LogP) is 2.67. The molecule has 5 nitrogen and oxygen atoms in total. The number of anilines is 1. The molecule has 1 amide bonds. The summed E-state index contributed by atoms with van der Waals surface area (Å²) in [4.78, 5) is 13.9. The van der Waals surface area contributed by atoms with Crippen LogP contribution < -0.4 is 10.2 Å². The fraction of sp³-hybridized carbons (Fsp3) is 0.375. The van der Waals surface area contributed by atoms with Gasteiger partial charge in [0.05, 0.1) is 5.69 Å². The summed E-state index contributed by atoms with van der Waals surface area (Å²) in [5.74, 6) is -0.579. The Labute approximate surface area is 137 Å². The highest BCUT2D eigenvalue weighted by molar-refractivity contribution is 5.92. The van der Waals surface area contributed by atoms with Gasteiger partial charge in [-0.25, -0.2) is 9.07 Å². The topological polar surface area (TPSA) is 50.2 Å². The van der Waals surface area contributed by atoms with Crippen LogP contribution in [0.3, 0.4) is 0 Å². The van der Waals surface area contributed by atoms with E-state index in [2.05, 4.69) is 10.4 Å². The van der Waals surface area contributed by atoms with Gasteiger partial charge in [-0.3, -0.25) is 4.79 Å². The number of para-hydroxylation sites is 1. The zero-order valence-corrected chi connectivity index (χ0v) is 12.8. The third-order valence-electron chi connectivity index (χ3n) is 4.07. The number of alkyl halides is 2. The van der Waals surface area contributed by atoms with E-state index in [4.69, 9.17) is 0 Å². The van der Waals surface area contributed by atoms with Gasteiger partial charge in [-0.1, -0.05) is 12.1 Å². The maximum Gasteiger partial charge on any atom is 0.333 e. The van der Waals surface area contributed by atoms with Gasteiger partial charge >= 0.3 is 6.55 Å². The van der Waals surface area contributed by atoms with E-state index in [0.29, 0.717) is 30.0 Å². The Balaban J connectivity index is 1.52. The monoisotopic (exact) mass is 338 g/mol. The van der Waals surface area contributed by atoms with Crippen molar-refractivity contribution in [3.05, 3.63) is 48.0 Å². The molecule has 0 unspecified atom stereocenters. The van der Waals surface area contributed by atoms with Crippen molar-refractivity contribution in [1.29, 1.82) is 0 Å². The van der Waals surface area contributed by atoms with Crippen LogP contribution in [0.4, 0.5) is 18.9 Å². The molecule has 0 radical (unpaired) electrons. The highest BCUT2D eigenvalue weighted by atomic mass is 19.3. The van der Waals surface area contributed by atoms with E-state index < -0.39 is 12.5 Å². The summed E-state index contributed by atoms with van der Waals surface area (Å²) in [5.41, 5.74) is 0.515. The molecule has 0 aliphatic carbocycles. The van der Waals surface area contributed by atoms with Crippen LogP contribution in [0.1, 0.15) is 23.5 Å². The highest BCUT2D eigenvalue weighted by Gasteiger charge is 2.25. The maximum absolute atomic E-state index is 13.8. The lowest BCUT2D eigenvalue weighted by Gasteiger charge is -2.19. The summed E-state index contributed by atoms with van der Waals surface area (Å²) >= 11 is 0. The number of hydrogen-bond acceptors (Lipinski definition) is 3. The molecule has 1 fully saturated rings. The van der Waals surface area contributed by atoms with E-state index in [0.717, 1.165) is 12.6 Å². The Hall–Kier alpha value is -2.51. The Bertz CT molecular complexity index is 719. The Kier molecular flexibility index (Phi) is 4.73. The van der Waals surface area contributed by atoms with Crippen molar-refractivity contribution in [2.45, 2.75) is 13.0 Å². The average Bonchev–Trinajstić information content (AvgIpc) is 3.22. The van der Waals surface area contributed by atoms with Crippen LogP contribution in [0.15, 0.2) is 36.5 Å². The molecule has 1 N–H and O–H groups in total. The molecule has 1 atom stereocenters. The number of halogens is 3. The number of benzene rings is 1. The number of nitrogens with zero attached hydrogens (tertiary/aromatic N) is 3. The van der Waals surface area contributed by atoms with E-state index in [1.807, 2.05) is 4.90 Å². The number of amides is 1. The van der Waals surface area contributed by atoms with Crippen LogP contribution >= 0.6 is 0 Å². The maximum atomic E-state index is 13.8. The number of hydrogen-bond donors (Lipinski definition) is 1. The molecule has 8 heteroatoms. The molecule has 1 aliphatic heterocycles.